The predicted molar refractivity (Wildman–Crippen MR) is 78.1 cm³/mol. The van der Waals surface area contributed by atoms with Gasteiger partial charge in [0.25, 0.3) is 0 Å². The third kappa shape index (κ3) is 3.63. The maximum absolute atomic E-state index is 12.4. The summed E-state index contributed by atoms with van der Waals surface area (Å²) in [5.74, 6) is 0.391. The molecule has 2 aliphatic rings. The first-order valence-corrected chi connectivity index (χ1v) is 9.12. The van der Waals surface area contributed by atoms with E-state index in [2.05, 4.69) is 9.88 Å². The van der Waals surface area contributed by atoms with E-state index in [4.69, 9.17) is 10.9 Å². The van der Waals surface area contributed by atoms with Crippen LogP contribution in [0.5, 0.6) is 0 Å². The molecule has 0 heterocycles. The van der Waals surface area contributed by atoms with E-state index in [-0.39, 0.29) is 17.5 Å². The number of nitrogens with zero attached hydrogens (tertiary/aromatic N) is 1. The summed E-state index contributed by atoms with van der Waals surface area (Å²) in [6.07, 6.45) is 8.40. The molecule has 0 atom stereocenters. The maximum Gasteiger partial charge on any atom is 0.212 e. The van der Waals surface area contributed by atoms with Gasteiger partial charge in [-0.05, 0) is 31.6 Å². The second kappa shape index (κ2) is 6.30. The Morgan fingerprint density at radius 2 is 1.80 bits per heavy atom. The summed E-state index contributed by atoms with van der Waals surface area (Å²) in [4.78, 5) is 0. The van der Waals surface area contributed by atoms with Gasteiger partial charge in [-0.15, -0.1) is 0 Å². The van der Waals surface area contributed by atoms with Crippen molar-refractivity contribution in [3.63, 3.8) is 0 Å². The van der Waals surface area contributed by atoms with E-state index in [1.54, 1.807) is 0 Å². The van der Waals surface area contributed by atoms with Gasteiger partial charge >= 0.3 is 0 Å². The zero-order valence-corrected chi connectivity index (χ0v) is 12.7. The molecule has 2 fully saturated rings. The number of hydrogen-bond acceptors (Lipinski definition) is 4. The van der Waals surface area contributed by atoms with E-state index < -0.39 is 15.6 Å². The number of rotatable bonds is 5. The van der Waals surface area contributed by atoms with E-state index in [0.29, 0.717) is 12.8 Å². The van der Waals surface area contributed by atoms with E-state index >= 15 is 0 Å². The topological polar surface area (TPSA) is 105 Å². The minimum Gasteiger partial charge on any atom is -0.409 e. The summed E-state index contributed by atoms with van der Waals surface area (Å²) >= 11 is 0. The smallest absolute Gasteiger partial charge is 0.212 e. The van der Waals surface area contributed by atoms with E-state index in [0.717, 1.165) is 38.5 Å². The van der Waals surface area contributed by atoms with Crippen LogP contribution >= 0.6 is 0 Å². The zero-order chi connectivity index (χ0) is 14.6. The first-order chi connectivity index (χ1) is 9.47. The molecule has 7 heteroatoms. The molecule has 0 aromatic heterocycles. The van der Waals surface area contributed by atoms with Crippen LogP contribution in [0.4, 0.5) is 0 Å². The highest BCUT2D eigenvalue weighted by Crippen LogP contribution is 2.32. The van der Waals surface area contributed by atoms with Gasteiger partial charge in [-0.3, -0.25) is 0 Å². The van der Waals surface area contributed by atoms with Crippen molar-refractivity contribution in [1.29, 1.82) is 0 Å². The van der Waals surface area contributed by atoms with Crippen LogP contribution in [-0.4, -0.2) is 30.8 Å². The molecule has 0 aromatic rings. The molecule has 0 radical (unpaired) electrons. The lowest BCUT2D eigenvalue weighted by Crippen LogP contribution is -2.56. The largest absolute Gasteiger partial charge is 0.409 e. The summed E-state index contributed by atoms with van der Waals surface area (Å²) in [7, 11) is -3.40. The van der Waals surface area contributed by atoms with Crippen LogP contribution in [0.25, 0.3) is 0 Å². The Morgan fingerprint density at radius 3 is 2.35 bits per heavy atom. The van der Waals surface area contributed by atoms with Crippen molar-refractivity contribution in [3.05, 3.63) is 0 Å². The Bertz CT molecular complexity index is 449. The van der Waals surface area contributed by atoms with Crippen LogP contribution in [0.1, 0.15) is 57.8 Å². The van der Waals surface area contributed by atoms with Crippen LogP contribution in [0.15, 0.2) is 5.16 Å². The summed E-state index contributed by atoms with van der Waals surface area (Å²) < 4.78 is 27.5. The van der Waals surface area contributed by atoms with Crippen molar-refractivity contribution in [2.45, 2.75) is 63.3 Å². The molecule has 2 rings (SSSR count). The van der Waals surface area contributed by atoms with Gasteiger partial charge in [0.05, 0.1) is 11.3 Å². The molecule has 0 saturated heterocycles. The van der Waals surface area contributed by atoms with Crippen molar-refractivity contribution < 1.29 is 13.6 Å². The number of oxime groups is 1. The lowest BCUT2D eigenvalue weighted by atomic mass is 9.91. The molecule has 0 aromatic carbocycles. The van der Waals surface area contributed by atoms with E-state index in [9.17, 15) is 8.42 Å². The first kappa shape index (κ1) is 15.6. The Morgan fingerprint density at radius 1 is 1.20 bits per heavy atom. The second-order valence-electron chi connectivity index (χ2n) is 6.16. The molecule has 2 aliphatic carbocycles. The molecule has 4 N–H and O–H groups in total. The Labute approximate surface area is 120 Å². The van der Waals surface area contributed by atoms with Crippen LogP contribution < -0.4 is 10.5 Å². The lowest BCUT2D eigenvalue weighted by Gasteiger charge is -2.30. The van der Waals surface area contributed by atoms with E-state index in [1.807, 2.05) is 0 Å². The Kier molecular flexibility index (Phi) is 4.90. The molecule has 6 nitrogen and oxygen atoms in total. The molecular weight excluding hydrogens is 278 g/mol. The number of nitrogens with one attached hydrogen (secondary N) is 1. The molecule has 2 saturated carbocycles. The number of amidine groups is 1. The summed E-state index contributed by atoms with van der Waals surface area (Å²) in [5.41, 5.74) is 4.85. The molecule has 0 bridgehead atoms. The zero-order valence-electron chi connectivity index (χ0n) is 11.8. The molecule has 0 amide bonds. The minimum absolute atomic E-state index is 0.0118. The Hall–Kier alpha value is -0.820. The van der Waals surface area contributed by atoms with Gasteiger partial charge in [0, 0.05) is 0 Å². The predicted octanol–water partition coefficient (Wildman–Crippen LogP) is 1.55. The number of hydrogen-bond donors (Lipinski definition) is 3. The van der Waals surface area contributed by atoms with Gasteiger partial charge in [0.15, 0.2) is 5.84 Å². The van der Waals surface area contributed by atoms with Crippen molar-refractivity contribution >= 4 is 15.9 Å². The number of nitrogens with two attached hydrogens (primary N) is 1. The highest BCUT2D eigenvalue weighted by Gasteiger charge is 2.42. The van der Waals surface area contributed by atoms with Gasteiger partial charge in [0.1, 0.15) is 0 Å². The fraction of sp³-hybridized carbons (Fsp3) is 0.923. The fourth-order valence-electron chi connectivity index (χ4n) is 3.49. The summed E-state index contributed by atoms with van der Waals surface area (Å²) in [6, 6.07) is 0. The van der Waals surface area contributed by atoms with Crippen LogP contribution in [0, 0.1) is 5.92 Å². The average molecular weight is 303 g/mol. The molecule has 116 valence electrons. The summed E-state index contributed by atoms with van der Waals surface area (Å²) in [5, 5.41) is 11.9. The van der Waals surface area contributed by atoms with Gasteiger partial charge < -0.3 is 10.9 Å². The molecule has 0 aliphatic heterocycles. The molecule has 20 heavy (non-hydrogen) atoms. The fourth-order valence-corrected chi connectivity index (χ4v) is 5.43. The van der Waals surface area contributed by atoms with Gasteiger partial charge in [-0.1, -0.05) is 37.3 Å². The van der Waals surface area contributed by atoms with Crippen molar-refractivity contribution in [2.24, 2.45) is 16.8 Å². The van der Waals surface area contributed by atoms with Gasteiger partial charge in [-0.25, -0.2) is 13.1 Å². The third-order valence-corrected chi connectivity index (χ3v) is 6.20. The minimum atomic E-state index is -3.40. The van der Waals surface area contributed by atoms with Gasteiger partial charge in [-0.2, -0.15) is 0 Å². The van der Waals surface area contributed by atoms with Crippen molar-refractivity contribution in [2.75, 3.05) is 5.75 Å². The van der Waals surface area contributed by atoms with Crippen LogP contribution in [0.3, 0.4) is 0 Å². The third-order valence-electron chi connectivity index (χ3n) is 4.59. The quantitative estimate of drug-likeness (QED) is 0.310. The second-order valence-corrected chi connectivity index (χ2v) is 7.93. The highest BCUT2D eigenvalue weighted by atomic mass is 32.2. The molecular formula is C13H25N3O3S. The highest BCUT2D eigenvalue weighted by molar-refractivity contribution is 7.89. The van der Waals surface area contributed by atoms with Gasteiger partial charge in [0.2, 0.25) is 10.0 Å². The van der Waals surface area contributed by atoms with Crippen molar-refractivity contribution in [1.82, 2.24) is 4.72 Å². The summed E-state index contributed by atoms with van der Waals surface area (Å²) in [6.45, 7) is 0. The van der Waals surface area contributed by atoms with Crippen molar-refractivity contribution in [3.8, 4) is 0 Å². The van der Waals surface area contributed by atoms with E-state index in [1.165, 1.54) is 6.42 Å². The standard InChI is InChI=1S/C13H25N3O3S/c14-12(15-17)13(8-4-5-9-13)16-20(18,19)10-11-6-2-1-3-7-11/h11,16-17H,1-10H2,(H2,14,15). The SMILES string of the molecule is NC(=NO)C1(NS(=O)(=O)CC2CCCCC2)CCCC1. The first-order valence-electron chi connectivity index (χ1n) is 7.47. The average Bonchev–Trinajstić information content (AvgIpc) is 2.87. The monoisotopic (exact) mass is 303 g/mol. The maximum atomic E-state index is 12.4. The molecule has 0 unspecified atom stereocenters. The number of sulfonamides is 1. The molecule has 0 spiro atoms. The Balaban J connectivity index is 2.05. The normalized spacial score (nSPS) is 24.9. The lowest BCUT2D eigenvalue weighted by molar-refractivity contribution is 0.309. The van der Waals surface area contributed by atoms with Crippen LogP contribution in [-0.2, 0) is 10.0 Å². The van der Waals surface area contributed by atoms with Crippen LogP contribution in [0.2, 0.25) is 0 Å².